The molecule has 0 aromatic carbocycles. The van der Waals surface area contributed by atoms with Gasteiger partial charge in [0, 0.05) is 13.1 Å². The Morgan fingerprint density at radius 2 is 2.11 bits per heavy atom. The highest BCUT2D eigenvalue weighted by Gasteiger charge is 2.22. The third-order valence-corrected chi connectivity index (χ3v) is 2.17. The number of carbonyl (C=O) groups excluding carboxylic acids is 1. The van der Waals surface area contributed by atoms with Crippen LogP contribution in [-0.2, 0) is 16.6 Å². The fourth-order valence-electron chi connectivity index (χ4n) is 1.38. The maximum Gasteiger partial charge on any atom is 0.328 e. The summed E-state index contributed by atoms with van der Waals surface area (Å²) in [6.45, 7) is 7.24. The van der Waals surface area contributed by atoms with Crippen LogP contribution in [0.1, 0.15) is 27.7 Å². The van der Waals surface area contributed by atoms with Crippen molar-refractivity contribution in [1.29, 1.82) is 0 Å². The summed E-state index contributed by atoms with van der Waals surface area (Å²) in [5.41, 5.74) is -0.491. The second-order valence-electron chi connectivity index (χ2n) is 5.10. The van der Waals surface area contributed by atoms with Gasteiger partial charge in [0.2, 0.25) is 5.88 Å². The first kappa shape index (κ1) is 14.3. The smallest absolute Gasteiger partial charge is 0.328 e. The topological polar surface area (TPSA) is 65.4 Å². The van der Waals surface area contributed by atoms with Gasteiger partial charge in [-0.25, -0.2) is 9.48 Å². The highest BCUT2D eigenvalue weighted by atomic mass is 16.6. The molecule has 0 amide bonds. The molecule has 0 bridgehead atoms. The Morgan fingerprint density at radius 3 is 2.56 bits per heavy atom. The van der Waals surface area contributed by atoms with Crippen molar-refractivity contribution in [3.63, 3.8) is 0 Å². The van der Waals surface area contributed by atoms with E-state index in [4.69, 9.17) is 9.47 Å². The van der Waals surface area contributed by atoms with Gasteiger partial charge in [-0.15, -0.1) is 0 Å². The molecule has 1 rings (SSSR count). The van der Waals surface area contributed by atoms with E-state index in [0.29, 0.717) is 11.7 Å². The molecule has 0 fully saturated rings. The van der Waals surface area contributed by atoms with Crippen LogP contribution in [0.3, 0.4) is 0 Å². The first-order valence-electron chi connectivity index (χ1n) is 5.80. The van der Waals surface area contributed by atoms with Gasteiger partial charge in [-0.2, -0.15) is 5.10 Å². The number of nitrogens with zero attached hydrogens (tertiary/aromatic N) is 2. The number of anilines is 1. The first-order valence-corrected chi connectivity index (χ1v) is 5.80. The Balaban J connectivity index is 2.63. The molecular weight excluding hydrogens is 234 g/mol. The lowest BCUT2D eigenvalue weighted by molar-refractivity contribution is -0.155. The quantitative estimate of drug-likeness (QED) is 0.827. The van der Waals surface area contributed by atoms with Crippen molar-refractivity contribution in [3.8, 4) is 5.88 Å². The average Bonchev–Trinajstić information content (AvgIpc) is 2.56. The SMILES string of the molecule is COc1cc(NC(C)C(=O)OC(C)(C)C)nn1C. The third-order valence-electron chi connectivity index (χ3n) is 2.17. The molecule has 1 heterocycles. The fraction of sp³-hybridized carbons (Fsp3) is 0.667. The summed E-state index contributed by atoms with van der Waals surface area (Å²) < 4.78 is 11.9. The van der Waals surface area contributed by atoms with Crippen molar-refractivity contribution in [2.24, 2.45) is 7.05 Å². The molecule has 1 N–H and O–H groups in total. The van der Waals surface area contributed by atoms with E-state index in [1.54, 1.807) is 31.8 Å². The van der Waals surface area contributed by atoms with Gasteiger partial charge in [-0.1, -0.05) is 0 Å². The maximum atomic E-state index is 11.8. The molecule has 0 aliphatic carbocycles. The number of hydrogen-bond donors (Lipinski definition) is 1. The van der Waals surface area contributed by atoms with Gasteiger partial charge >= 0.3 is 5.97 Å². The number of ether oxygens (including phenoxy) is 2. The van der Waals surface area contributed by atoms with E-state index in [1.807, 2.05) is 20.8 Å². The van der Waals surface area contributed by atoms with E-state index in [1.165, 1.54) is 0 Å². The summed E-state index contributed by atoms with van der Waals surface area (Å²) in [5, 5.41) is 7.15. The van der Waals surface area contributed by atoms with Gasteiger partial charge in [0.15, 0.2) is 5.82 Å². The van der Waals surface area contributed by atoms with Crippen LogP contribution in [-0.4, -0.2) is 34.5 Å². The zero-order valence-corrected chi connectivity index (χ0v) is 11.8. The standard InChI is InChI=1S/C12H21N3O3/c1-8(11(16)18-12(2,3)4)13-9-7-10(17-6)15(5)14-9/h7-8H,1-6H3,(H,13,14). The molecule has 102 valence electrons. The number of esters is 1. The van der Waals surface area contributed by atoms with Crippen LogP contribution in [0.4, 0.5) is 5.82 Å². The van der Waals surface area contributed by atoms with Gasteiger partial charge in [-0.3, -0.25) is 0 Å². The average molecular weight is 255 g/mol. The Hall–Kier alpha value is -1.72. The number of nitrogens with one attached hydrogen (secondary N) is 1. The molecule has 1 atom stereocenters. The van der Waals surface area contributed by atoms with Crippen LogP contribution < -0.4 is 10.1 Å². The van der Waals surface area contributed by atoms with E-state index in [0.717, 1.165) is 0 Å². The third kappa shape index (κ3) is 3.94. The van der Waals surface area contributed by atoms with Crippen LogP contribution in [0.5, 0.6) is 5.88 Å². The second kappa shape index (κ2) is 5.29. The molecule has 1 aromatic heterocycles. The van der Waals surface area contributed by atoms with Crippen molar-refractivity contribution < 1.29 is 14.3 Å². The van der Waals surface area contributed by atoms with E-state index in [2.05, 4.69) is 10.4 Å². The summed E-state index contributed by atoms with van der Waals surface area (Å²) in [5.74, 6) is 0.883. The molecule has 18 heavy (non-hydrogen) atoms. The summed E-state index contributed by atoms with van der Waals surface area (Å²) >= 11 is 0. The summed E-state index contributed by atoms with van der Waals surface area (Å²) in [6.07, 6.45) is 0. The summed E-state index contributed by atoms with van der Waals surface area (Å²) in [7, 11) is 3.33. The zero-order valence-electron chi connectivity index (χ0n) is 11.8. The summed E-state index contributed by atoms with van der Waals surface area (Å²) in [6, 6.07) is 1.25. The van der Waals surface area contributed by atoms with Crippen LogP contribution in [0, 0.1) is 0 Å². The van der Waals surface area contributed by atoms with Crippen LogP contribution in [0.2, 0.25) is 0 Å². The largest absolute Gasteiger partial charge is 0.481 e. The van der Waals surface area contributed by atoms with Crippen molar-refractivity contribution in [2.45, 2.75) is 39.3 Å². The molecule has 0 aliphatic rings. The predicted molar refractivity (Wildman–Crippen MR) is 68.7 cm³/mol. The molecule has 0 saturated carbocycles. The molecule has 0 radical (unpaired) electrons. The van der Waals surface area contributed by atoms with Gasteiger partial charge in [0.25, 0.3) is 0 Å². The monoisotopic (exact) mass is 255 g/mol. The second-order valence-corrected chi connectivity index (χ2v) is 5.10. The van der Waals surface area contributed by atoms with Crippen molar-refractivity contribution >= 4 is 11.8 Å². The lowest BCUT2D eigenvalue weighted by Crippen LogP contribution is -2.34. The first-order chi connectivity index (χ1) is 8.23. The zero-order chi connectivity index (χ0) is 13.9. The minimum atomic E-state index is -0.491. The normalized spacial score (nSPS) is 13.0. The Morgan fingerprint density at radius 1 is 1.50 bits per heavy atom. The van der Waals surface area contributed by atoms with Crippen LogP contribution in [0.25, 0.3) is 0 Å². The van der Waals surface area contributed by atoms with Crippen molar-refractivity contribution in [3.05, 3.63) is 6.07 Å². The molecular formula is C12H21N3O3. The van der Waals surface area contributed by atoms with E-state index in [-0.39, 0.29) is 5.97 Å². The van der Waals surface area contributed by atoms with Crippen LogP contribution in [0.15, 0.2) is 6.07 Å². The van der Waals surface area contributed by atoms with Crippen LogP contribution >= 0.6 is 0 Å². The number of methoxy groups -OCH3 is 1. The molecule has 6 nitrogen and oxygen atoms in total. The molecule has 6 heteroatoms. The van der Waals surface area contributed by atoms with E-state index >= 15 is 0 Å². The van der Waals surface area contributed by atoms with E-state index in [9.17, 15) is 4.79 Å². The number of aromatic nitrogens is 2. The van der Waals surface area contributed by atoms with Gasteiger partial charge in [-0.05, 0) is 27.7 Å². The van der Waals surface area contributed by atoms with Crippen molar-refractivity contribution in [2.75, 3.05) is 12.4 Å². The molecule has 1 unspecified atom stereocenters. The number of aryl methyl sites for hydroxylation is 1. The van der Waals surface area contributed by atoms with Gasteiger partial charge < -0.3 is 14.8 Å². The number of carbonyl (C=O) groups is 1. The van der Waals surface area contributed by atoms with E-state index < -0.39 is 11.6 Å². The number of rotatable bonds is 4. The molecule has 0 saturated heterocycles. The molecule has 0 spiro atoms. The lowest BCUT2D eigenvalue weighted by atomic mass is 10.2. The Kier molecular flexibility index (Phi) is 4.21. The highest BCUT2D eigenvalue weighted by Crippen LogP contribution is 2.17. The molecule has 1 aromatic rings. The summed E-state index contributed by atoms with van der Waals surface area (Å²) in [4.78, 5) is 11.8. The lowest BCUT2D eigenvalue weighted by Gasteiger charge is -2.22. The Bertz CT molecular complexity index is 421. The Labute approximate surface area is 107 Å². The maximum absolute atomic E-state index is 11.8. The highest BCUT2D eigenvalue weighted by molar-refractivity contribution is 5.78. The predicted octanol–water partition coefficient (Wildman–Crippen LogP) is 1.57. The number of hydrogen-bond acceptors (Lipinski definition) is 5. The fourth-order valence-corrected chi connectivity index (χ4v) is 1.38. The molecule has 0 aliphatic heterocycles. The van der Waals surface area contributed by atoms with Crippen molar-refractivity contribution in [1.82, 2.24) is 9.78 Å². The van der Waals surface area contributed by atoms with Gasteiger partial charge in [0.1, 0.15) is 11.6 Å². The minimum absolute atomic E-state index is 0.313. The van der Waals surface area contributed by atoms with Gasteiger partial charge in [0.05, 0.1) is 7.11 Å². The minimum Gasteiger partial charge on any atom is -0.481 e.